The van der Waals surface area contributed by atoms with Gasteiger partial charge in [-0.2, -0.15) is 5.26 Å². The lowest BCUT2D eigenvalue weighted by Gasteiger charge is -2.31. The number of benzene rings is 1. The number of rotatable bonds is 3. The molecule has 1 atom stereocenters. The molecule has 0 N–H and O–H groups in total. The van der Waals surface area contributed by atoms with Crippen LogP contribution >= 0.6 is 0 Å². The Morgan fingerprint density at radius 3 is 3.00 bits per heavy atom. The summed E-state index contributed by atoms with van der Waals surface area (Å²) in [5.41, 5.74) is 0.672. The average molecular weight is 274 g/mol. The van der Waals surface area contributed by atoms with E-state index in [2.05, 4.69) is 0 Å². The highest BCUT2D eigenvalue weighted by atomic mass is 19.1. The van der Waals surface area contributed by atoms with Gasteiger partial charge in [0.15, 0.2) is 5.78 Å². The van der Waals surface area contributed by atoms with Gasteiger partial charge in [0.1, 0.15) is 5.82 Å². The van der Waals surface area contributed by atoms with Gasteiger partial charge in [0, 0.05) is 6.54 Å². The molecule has 104 valence electrons. The largest absolute Gasteiger partial charge is 0.309 e. The molecule has 0 radical (unpaired) electrons. The first-order chi connectivity index (χ1) is 9.56. The molecule has 1 saturated heterocycles. The van der Waals surface area contributed by atoms with Crippen molar-refractivity contribution in [2.75, 3.05) is 11.4 Å². The highest BCUT2D eigenvalue weighted by Gasteiger charge is 2.35. The van der Waals surface area contributed by atoms with Crippen molar-refractivity contribution >= 4 is 17.4 Å². The number of carbonyl (C=O) groups is 2. The zero-order valence-corrected chi connectivity index (χ0v) is 11.2. The van der Waals surface area contributed by atoms with E-state index < -0.39 is 17.6 Å². The molecule has 0 aromatic heterocycles. The second kappa shape index (κ2) is 5.83. The van der Waals surface area contributed by atoms with Gasteiger partial charge in [-0.15, -0.1) is 0 Å². The van der Waals surface area contributed by atoms with E-state index in [1.807, 2.05) is 0 Å². The van der Waals surface area contributed by atoms with E-state index >= 15 is 0 Å². The van der Waals surface area contributed by atoms with Crippen LogP contribution < -0.4 is 4.90 Å². The summed E-state index contributed by atoms with van der Waals surface area (Å²) in [5, 5.41) is 8.56. The summed E-state index contributed by atoms with van der Waals surface area (Å²) in [5.74, 6) is -2.03. The van der Waals surface area contributed by atoms with Gasteiger partial charge in [0.25, 0.3) is 0 Å². The number of nitrogens with zero attached hydrogens (tertiary/aromatic N) is 2. The smallest absolute Gasteiger partial charge is 0.237 e. The number of carbonyl (C=O) groups excluding carboxylic acids is 2. The molecule has 4 nitrogen and oxygen atoms in total. The number of ketones is 1. The number of anilines is 1. The molecule has 0 aliphatic carbocycles. The molecule has 1 aliphatic rings. The summed E-state index contributed by atoms with van der Waals surface area (Å²) in [4.78, 5) is 25.4. The minimum Gasteiger partial charge on any atom is -0.309 e. The molecule has 1 aliphatic heterocycles. The first-order valence-corrected chi connectivity index (χ1v) is 6.52. The second-order valence-electron chi connectivity index (χ2n) is 4.89. The Labute approximate surface area is 116 Å². The molecule has 0 bridgehead atoms. The number of hydrogen-bond acceptors (Lipinski definition) is 3. The average Bonchev–Trinajstić information content (AvgIpc) is 2.43. The van der Waals surface area contributed by atoms with Crippen LogP contribution in [0.2, 0.25) is 0 Å². The lowest BCUT2D eigenvalue weighted by Crippen LogP contribution is -2.44. The highest BCUT2D eigenvalue weighted by molar-refractivity contribution is 6.09. The lowest BCUT2D eigenvalue weighted by atomic mass is 9.91. The third-order valence-corrected chi connectivity index (χ3v) is 3.54. The summed E-state index contributed by atoms with van der Waals surface area (Å²) >= 11 is 0. The Kier molecular flexibility index (Phi) is 4.14. The normalized spacial score (nSPS) is 18.8. The molecule has 2 rings (SSSR count). The molecule has 1 aromatic rings. The summed E-state index contributed by atoms with van der Waals surface area (Å²) in [6.07, 6.45) is 0.783. The summed E-state index contributed by atoms with van der Waals surface area (Å²) in [7, 11) is 0. The molecule has 1 amide bonds. The van der Waals surface area contributed by atoms with Crippen LogP contribution in [-0.2, 0) is 9.59 Å². The van der Waals surface area contributed by atoms with Gasteiger partial charge in [-0.25, -0.2) is 4.39 Å². The Bertz CT molecular complexity index is 592. The quantitative estimate of drug-likeness (QED) is 0.795. The van der Waals surface area contributed by atoms with Crippen molar-refractivity contribution in [2.45, 2.75) is 26.2 Å². The first kappa shape index (κ1) is 14.2. The topological polar surface area (TPSA) is 61.2 Å². The van der Waals surface area contributed by atoms with Crippen molar-refractivity contribution in [3.05, 3.63) is 29.6 Å². The third-order valence-electron chi connectivity index (χ3n) is 3.54. The standard InChI is InChI=1S/C15H15FN2O2/c1-10-4-2-6-12(14(10)16)18-9-3-5-11(15(18)20)13(19)7-8-17/h2,4,6,11H,3,5,7,9H2,1H3/t11-/m0/s1. The minimum atomic E-state index is -0.816. The van der Waals surface area contributed by atoms with Crippen molar-refractivity contribution < 1.29 is 14.0 Å². The van der Waals surface area contributed by atoms with Crippen molar-refractivity contribution in [3.8, 4) is 6.07 Å². The van der Waals surface area contributed by atoms with Crippen LogP contribution in [0.25, 0.3) is 0 Å². The number of nitriles is 1. The number of piperidine rings is 1. The molecule has 1 heterocycles. The van der Waals surface area contributed by atoms with E-state index in [9.17, 15) is 14.0 Å². The molecule has 1 aromatic carbocycles. The van der Waals surface area contributed by atoms with E-state index in [-0.39, 0.29) is 17.9 Å². The Morgan fingerprint density at radius 2 is 2.30 bits per heavy atom. The molecule has 20 heavy (non-hydrogen) atoms. The van der Waals surface area contributed by atoms with Gasteiger partial charge in [0.05, 0.1) is 24.1 Å². The lowest BCUT2D eigenvalue weighted by molar-refractivity contribution is -0.133. The van der Waals surface area contributed by atoms with Gasteiger partial charge >= 0.3 is 0 Å². The molecular formula is C15H15FN2O2. The van der Waals surface area contributed by atoms with Crippen molar-refractivity contribution in [1.29, 1.82) is 5.26 Å². The number of halogens is 1. The van der Waals surface area contributed by atoms with Gasteiger partial charge in [-0.05, 0) is 31.4 Å². The molecule has 0 saturated carbocycles. The van der Waals surface area contributed by atoms with Crippen LogP contribution in [0.5, 0.6) is 0 Å². The summed E-state index contributed by atoms with van der Waals surface area (Å²) in [6, 6.07) is 6.62. The zero-order chi connectivity index (χ0) is 14.7. The van der Waals surface area contributed by atoms with Gasteiger partial charge in [-0.3, -0.25) is 9.59 Å². The molecule has 0 spiro atoms. The maximum absolute atomic E-state index is 14.1. The summed E-state index contributed by atoms with van der Waals surface area (Å²) in [6.45, 7) is 2.03. The van der Waals surface area contributed by atoms with Crippen LogP contribution in [0.4, 0.5) is 10.1 Å². The molecule has 1 fully saturated rings. The van der Waals surface area contributed by atoms with Crippen molar-refractivity contribution in [1.82, 2.24) is 0 Å². The van der Waals surface area contributed by atoms with Crippen LogP contribution in [-0.4, -0.2) is 18.2 Å². The van der Waals surface area contributed by atoms with Crippen LogP contribution in [0.3, 0.4) is 0 Å². The zero-order valence-electron chi connectivity index (χ0n) is 11.2. The fourth-order valence-corrected chi connectivity index (χ4v) is 2.45. The predicted octanol–water partition coefficient (Wildman–Crippen LogP) is 2.36. The first-order valence-electron chi connectivity index (χ1n) is 6.52. The maximum Gasteiger partial charge on any atom is 0.237 e. The van der Waals surface area contributed by atoms with E-state index in [0.29, 0.717) is 24.9 Å². The van der Waals surface area contributed by atoms with Crippen LogP contribution in [0, 0.1) is 30.0 Å². The van der Waals surface area contributed by atoms with Gasteiger partial charge < -0.3 is 4.90 Å². The summed E-state index contributed by atoms with van der Waals surface area (Å²) < 4.78 is 14.1. The van der Waals surface area contributed by atoms with Crippen molar-refractivity contribution in [2.24, 2.45) is 5.92 Å². The van der Waals surface area contributed by atoms with E-state index in [1.54, 1.807) is 25.1 Å². The fraction of sp³-hybridized carbons (Fsp3) is 0.400. The Morgan fingerprint density at radius 1 is 1.55 bits per heavy atom. The number of hydrogen-bond donors (Lipinski definition) is 0. The number of aryl methyl sites for hydroxylation is 1. The van der Waals surface area contributed by atoms with E-state index in [1.165, 1.54) is 11.0 Å². The molecule has 0 unspecified atom stereocenters. The third kappa shape index (κ3) is 2.55. The Hall–Kier alpha value is -2.22. The van der Waals surface area contributed by atoms with Crippen molar-refractivity contribution in [3.63, 3.8) is 0 Å². The van der Waals surface area contributed by atoms with Gasteiger partial charge in [0.2, 0.25) is 5.91 Å². The second-order valence-corrected chi connectivity index (χ2v) is 4.89. The predicted molar refractivity (Wildman–Crippen MR) is 71.5 cm³/mol. The Balaban J connectivity index is 2.29. The minimum absolute atomic E-state index is 0.212. The molecular weight excluding hydrogens is 259 g/mol. The van der Waals surface area contributed by atoms with E-state index in [4.69, 9.17) is 5.26 Å². The van der Waals surface area contributed by atoms with Crippen LogP contribution in [0.1, 0.15) is 24.8 Å². The number of Topliss-reactive ketones (excluding diaryl/α,β-unsaturated/α-hetero) is 1. The van der Waals surface area contributed by atoms with Gasteiger partial charge in [-0.1, -0.05) is 12.1 Å². The highest BCUT2D eigenvalue weighted by Crippen LogP contribution is 2.28. The fourth-order valence-electron chi connectivity index (χ4n) is 2.45. The monoisotopic (exact) mass is 274 g/mol. The number of amides is 1. The van der Waals surface area contributed by atoms with E-state index in [0.717, 1.165) is 0 Å². The maximum atomic E-state index is 14.1. The SMILES string of the molecule is Cc1cccc(N2CCC[C@@H](C(=O)CC#N)C2=O)c1F. The molecule has 5 heteroatoms. The van der Waals surface area contributed by atoms with Crippen LogP contribution in [0.15, 0.2) is 18.2 Å².